The standard InChI is InChI=1S/C20H21N5O2/c26-18(22-15-7-10-21-11-8-15)9-14-25-17-6-2-1-5-16(17)23-19(20(25)27)24-12-3-4-13-24/h1-2,5-8,10-11H,3-4,9,12-14H2,(H,21,22,26). The summed E-state index contributed by atoms with van der Waals surface area (Å²) < 4.78 is 1.67. The van der Waals surface area contributed by atoms with Gasteiger partial charge in [0.2, 0.25) is 5.91 Å². The van der Waals surface area contributed by atoms with E-state index in [-0.39, 0.29) is 17.9 Å². The van der Waals surface area contributed by atoms with E-state index in [0.29, 0.717) is 18.1 Å². The third-order valence-electron chi connectivity index (χ3n) is 4.77. The van der Waals surface area contributed by atoms with Crippen LogP contribution in [0.2, 0.25) is 0 Å². The van der Waals surface area contributed by atoms with Crippen molar-refractivity contribution in [3.05, 3.63) is 59.1 Å². The highest BCUT2D eigenvalue weighted by Gasteiger charge is 2.20. The molecule has 0 radical (unpaired) electrons. The van der Waals surface area contributed by atoms with Crippen molar-refractivity contribution in [2.75, 3.05) is 23.3 Å². The number of aryl methyl sites for hydroxylation is 1. The number of aromatic nitrogens is 3. The first kappa shape index (κ1) is 17.2. The minimum Gasteiger partial charge on any atom is -0.352 e. The molecule has 0 spiro atoms. The van der Waals surface area contributed by atoms with Gasteiger partial charge in [-0.05, 0) is 37.1 Å². The van der Waals surface area contributed by atoms with Gasteiger partial charge in [0.25, 0.3) is 5.56 Å². The van der Waals surface area contributed by atoms with Crippen molar-refractivity contribution in [1.29, 1.82) is 0 Å². The molecule has 1 aliphatic heterocycles. The van der Waals surface area contributed by atoms with Crippen LogP contribution >= 0.6 is 0 Å². The van der Waals surface area contributed by atoms with E-state index in [0.717, 1.165) is 37.0 Å². The molecular formula is C20H21N5O2. The van der Waals surface area contributed by atoms with Crippen LogP contribution in [0, 0.1) is 0 Å². The Kier molecular flexibility index (Phi) is 4.82. The van der Waals surface area contributed by atoms with Crippen molar-refractivity contribution in [3.63, 3.8) is 0 Å². The summed E-state index contributed by atoms with van der Waals surface area (Å²) in [7, 11) is 0. The molecule has 1 amide bonds. The first-order chi connectivity index (χ1) is 13.2. The second-order valence-corrected chi connectivity index (χ2v) is 6.61. The van der Waals surface area contributed by atoms with Crippen molar-refractivity contribution >= 4 is 28.4 Å². The monoisotopic (exact) mass is 363 g/mol. The van der Waals surface area contributed by atoms with Crippen molar-refractivity contribution in [2.45, 2.75) is 25.8 Å². The van der Waals surface area contributed by atoms with E-state index in [1.165, 1.54) is 0 Å². The van der Waals surface area contributed by atoms with Crippen LogP contribution in [0.15, 0.2) is 53.6 Å². The van der Waals surface area contributed by atoms with Gasteiger partial charge in [-0.25, -0.2) is 4.98 Å². The maximum Gasteiger partial charge on any atom is 0.294 e. The summed E-state index contributed by atoms with van der Waals surface area (Å²) in [5, 5.41) is 2.83. The molecule has 1 N–H and O–H groups in total. The highest BCUT2D eigenvalue weighted by Crippen LogP contribution is 2.18. The predicted molar refractivity (Wildman–Crippen MR) is 105 cm³/mol. The molecule has 138 valence electrons. The number of carbonyl (C=O) groups excluding carboxylic acids is 1. The average Bonchev–Trinajstić information content (AvgIpc) is 3.22. The highest BCUT2D eigenvalue weighted by atomic mass is 16.2. The molecule has 1 aliphatic rings. The number of hydrogen-bond donors (Lipinski definition) is 1. The van der Waals surface area contributed by atoms with Gasteiger partial charge >= 0.3 is 0 Å². The van der Waals surface area contributed by atoms with Crippen LogP contribution in [-0.2, 0) is 11.3 Å². The topological polar surface area (TPSA) is 80.1 Å². The van der Waals surface area contributed by atoms with Crippen molar-refractivity contribution in [2.24, 2.45) is 0 Å². The minimum absolute atomic E-state index is 0.132. The largest absolute Gasteiger partial charge is 0.352 e. The smallest absolute Gasteiger partial charge is 0.294 e. The van der Waals surface area contributed by atoms with Gasteiger partial charge in [-0.1, -0.05) is 12.1 Å². The molecule has 0 bridgehead atoms. The van der Waals surface area contributed by atoms with Crippen molar-refractivity contribution in [1.82, 2.24) is 14.5 Å². The fourth-order valence-corrected chi connectivity index (χ4v) is 3.41. The van der Waals surface area contributed by atoms with Gasteiger partial charge < -0.3 is 14.8 Å². The molecule has 0 aliphatic carbocycles. The number of rotatable bonds is 5. The first-order valence-corrected chi connectivity index (χ1v) is 9.17. The Hall–Kier alpha value is -3.22. The molecule has 2 aromatic heterocycles. The summed E-state index contributed by atoms with van der Waals surface area (Å²) in [5.41, 5.74) is 2.09. The zero-order valence-corrected chi connectivity index (χ0v) is 15.0. The van der Waals surface area contributed by atoms with Gasteiger partial charge in [0.15, 0.2) is 5.82 Å². The molecule has 0 saturated carbocycles. The van der Waals surface area contributed by atoms with Gasteiger partial charge in [0, 0.05) is 44.1 Å². The molecule has 7 heteroatoms. The number of amides is 1. The third-order valence-corrected chi connectivity index (χ3v) is 4.77. The highest BCUT2D eigenvalue weighted by molar-refractivity contribution is 5.90. The van der Waals surface area contributed by atoms with Crippen LogP contribution < -0.4 is 15.8 Å². The Morgan fingerprint density at radius 3 is 2.59 bits per heavy atom. The number of benzene rings is 1. The molecular weight excluding hydrogens is 342 g/mol. The maximum atomic E-state index is 13.1. The van der Waals surface area contributed by atoms with E-state index in [9.17, 15) is 9.59 Å². The fraction of sp³-hybridized carbons (Fsp3) is 0.300. The van der Waals surface area contributed by atoms with Crippen LogP contribution in [0.4, 0.5) is 11.5 Å². The Balaban J connectivity index is 1.61. The molecule has 27 heavy (non-hydrogen) atoms. The summed E-state index contributed by atoms with van der Waals surface area (Å²) in [6, 6.07) is 11.0. The normalized spacial score (nSPS) is 13.9. The molecule has 1 fully saturated rings. The molecule has 1 saturated heterocycles. The van der Waals surface area contributed by atoms with Gasteiger partial charge in [-0.2, -0.15) is 0 Å². The Bertz CT molecular complexity index is 1010. The molecule has 0 atom stereocenters. The van der Waals surface area contributed by atoms with E-state index < -0.39 is 0 Å². The van der Waals surface area contributed by atoms with Gasteiger partial charge in [0.05, 0.1) is 11.0 Å². The lowest BCUT2D eigenvalue weighted by Crippen LogP contribution is -2.32. The zero-order chi connectivity index (χ0) is 18.6. The number of hydrogen-bond acceptors (Lipinski definition) is 5. The number of fused-ring (bicyclic) bond motifs is 1. The minimum atomic E-state index is -0.142. The summed E-state index contributed by atoms with van der Waals surface area (Å²) in [6.07, 6.45) is 5.60. The lowest BCUT2D eigenvalue weighted by molar-refractivity contribution is -0.116. The Labute approximate surface area is 156 Å². The Morgan fingerprint density at radius 1 is 1.07 bits per heavy atom. The number of nitrogens with one attached hydrogen (secondary N) is 1. The van der Waals surface area contributed by atoms with E-state index in [4.69, 9.17) is 0 Å². The van der Waals surface area contributed by atoms with Crippen LogP contribution in [0.1, 0.15) is 19.3 Å². The molecule has 3 aromatic rings. The second kappa shape index (κ2) is 7.57. The maximum absolute atomic E-state index is 13.1. The number of para-hydroxylation sites is 2. The number of nitrogens with zero attached hydrogens (tertiary/aromatic N) is 4. The fourth-order valence-electron chi connectivity index (χ4n) is 3.41. The number of carbonyl (C=O) groups is 1. The van der Waals surface area contributed by atoms with Crippen LogP contribution in [0.25, 0.3) is 11.0 Å². The quantitative estimate of drug-likeness (QED) is 0.753. The van der Waals surface area contributed by atoms with Gasteiger partial charge in [-0.3, -0.25) is 14.6 Å². The SMILES string of the molecule is O=C(CCn1c(=O)c(N2CCCC2)nc2ccccc21)Nc1ccncc1. The molecule has 1 aromatic carbocycles. The first-order valence-electron chi connectivity index (χ1n) is 9.17. The van der Waals surface area contributed by atoms with E-state index in [1.54, 1.807) is 29.1 Å². The van der Waals surface area contributed by atoms with Gasteiger partial charge in [0.1, 0.15) is 0 Å². The summed E-state index contributed by atoms with van der Waals surface area (Å²) in [6.45, 7) is 2.01. The average molecular weight is 363 g/mol. The van der Waals surface area contributed by atoms with Gasteiger partial charge in [-0.15, -0.1) is 0 Å². The second-order valence-electron chi connectivity index (χ2n) is 6.61. The van der Waals surface area contributed by atoms with E-state index >= 15 is 0 Å². The van der Waals surface area contributed by atoms with E-state index in [1.807, 2.05) is 29.2 Å². The van der Waals surface area contributed by atoms with E-state index in [2.05, 4.69) is 15.3 Å². The van der Waals surface area contributed by atoms with Crippen molar-refractivity contribution < 1.29 is 4.79 Å². The molecule has 7 nitrogen and oxygen atoms in total. The summed E-state index contributed by atoms with van der Waals surface area (Å²) in [4.78, 5) is 35.9. The van der Waals surface area contributed by atoms with Crippen LogP contribution in [-0.4, -0.2) is 33.5 Å². The van der Waals surface area contributed by atoms with Crippen molar-refractivity contribution in [3.8, 4) is 0 Å². The predicted octanol–water partition coefficient (Wildman–Crippen LogP) is 2.42. The summed E-state index contributed by atoms with van der Waals surface area (Å²) >= 11 is 0. The number of pyridine rings is 1. The summed E-state index contributed by atoms with van der Waals surface area (Å²) in [5.74, 6) is 0.345. The molecule has 3 heterocycles. The molecule has 0 unspecified atom stereocenters. The zero-order valence-electron chi connectivity index (χ0n) is 15.0. The third kappa shape index (κ3) is 3.67. The molecule has 4 rings (SSSR count). The number of anilines is 2. The lowest BCUT2D eigenvalue weighted by Gasteiger charge is -2.19. The Morgan fingerprint density at radius 2 is 1.81 bits per heavy atom. The lowest BCUT2D eigenvalue weighted by atomic mass is 10.2. The van der Waals surface area contributed by atoms with Crippen LogP contribution in [0.3, 0.4) is 0 Å². The van der Waals surface area contributed by atoms with Crippen LogP contribution in [0.5, 0.6) is 0 Å².